The quantitative estimate of drug-likeness (QED) is 0.268. The fourth-order valence-electron chi connectivity index (χ4n) is 3.92. The molecule has 178 valence electrons. The molecule has 1 aliphatic rings. The number of piperazine rings is 1. The van der Waals surface area contributed by atoms with E-state index in [0.29, 0.717) is 18.6 Å². The first-order chi connectivity index (χ1) is 14.4. The van der Waals surface area contributed by atoms with Crippen molar-refractivity contribution in [1.29, 1.82) is 0 Å². The largest absolute Gasteiger partial charge is 0.357 e. The zero-order valence-corrected chi connectivity index (χ0v) is 22.7. The van der Waals surface area contributed by atoms with E-state index < -0.39 is 0 Å². The van der Waals surface area contributed by atoms with Crippen molar-refractivity contribution in [2.75, 3.05) is 57.3 Å². The highest BCUT2D eigenvalue weighted by atomic mass is 127. The van der Waals surface area contributed by atoms with E-state index in [2.05, 4.69) is 79.0 Å². The van der Waals surface area contributed by atoms with E-state index in [9.17, 15) is 0 Å². The highest BCUT2D eigenvalue weighted by molar-refractivity contribution is 14.0. The van der Waals surface area contributed by atoms with Gasteiger partial charge in [0.15, 0.2) is 5.96 Å². The third-order valence-corrected chi connectivity index (χ3v) is 5.71. The molecule has 0 unspecified atom stereocenters. The van der Waals surface area contributed by atoms with Gasteiger partial charge in [0.25, 0.3) is 0 Å². The van der Waals surface area contributed by atoms with Crippen molar-refractivity contribution in [3.8, 4) is 0 Å². The van der Waals surface area contributed by atoms with E-state index in [1.54, 1.807) is 0 Å². The molecule has 1 fully saturated rings. The van der Waals surface area contributed by atoms with Crippen LogP contribution in [0.25, 0.3) is 0 Å². The van der Waals surface area contributed by atoms with Crippen molar-refractivity contribution in [3.63, 3.8) is 0 Å². The van der Waals surface area contributed by atoms with Crippen LogP contribution in [0.5, 0.6) is 0 Å². The average Bonchev–Trinajstić information content (AvgIpc) is 2.74. The Balaban J connectivity index is 0.00000480. The Hall–Kier alpha value is -1.13. The summed E-state index contributed by atoms with van der Waals surface area (Å²) in [6, 6.07) is 5.37. The molecule has 1 aromatic heterocycles. The molecule has 0 aliphatic carbocycles. The summed E-state index contributed by atoms with van der Waals surface area (Å²) in [5.41, 5.74) is 1.13. The molecule has 7 nitrogen and oxygen atoms in total. The van der Waals surface area contributed by atoms with Gasteiger partial charge in [0.1, 0.15) is 5.82 Å². The van der Waals surface area contributed by atoms with Gasteiger partial charge in [0.2, 0.25) is 0 Å². The van der Waals surface area contributed by atoms with Gasteiger partial charge in [0.05, 0.1) is 6.54 Å². The second-order valence-corrected chi connectivity index (χ2v) is 8.49. The van der Waals surface area contributed by atoms with Crippen LogP contribution in [-0.2, 0) is 6.54 Å². The zero-order valence-electron chi connectivity index (χ0n) is 20.4. The lowest BCUT2D eigenvalue weighted by Crippen LogP contribution is -2.46. The van der Waals surface area contributed by atoms with Crippen LogP contribution >= 0.6 is 24.0 Å². The van der Waals surface area contributed by atoms with Crippen LogP contribution in [-0.4, -0.2) is 85.2 Å². The summed E-state index contributed by atoms with van der Waals surface area (Å²) in [5, 5.41) is 6.81. The van der Waals surface area contributed by atoms with E-state index in [4.69, 9.17) is 9.98 Å². The van der Waals surface area contributed by atoms with E-state index >= 15 is 0 Å². The van der Waals surface area contributed by atoms with Crippen molar-refractivity contribution < 1.29 is 0 Å². The molecule has 0 atom stereocenters. The Kier molecular flexibility index (Phi) is 13.4. The highest BCUT2D eigenvalue weighted by Gasteiger charge is 2.16. The van der Waals surface area contributed by atoms with E-state index in [0.717, 1.165) is 69.7 Å². The predicted octanol–water partition coefficient (Wildman–Crippen LogP) is 3.02. The minimum absolute atomic E-state index is 0. The molecule has 0 saturated carbocycles. The number of aromatic nitrogens is 1. The normalized spacial score (nSPS) is 15.5. The first kappa shape index (κ1) is 27.9. The van der Waals surface area contributed by atoms with Gasteiger partial charge in [-0.2, -0.15) is 0 Å². The number of likely N-dealkylation sites (N-methyl/N-ethyl adjacent to an activating group) is 1. The first-order valence-electron chi connectivity index (χ1n) is 11.6. The van der Waals surface area contributed by atoms with Crippen molar-refractivity contribution in [1.82, 2.24) is 25.4 Å². The van der Waals surface area contributed by atoms with Crippen LogP contribution in [0.2, 0.25) is 0 Å². The maximum absolute atomic E-state index is 4.75. The van der Waals surface area contributed by atoms with Crippen molar-refractivity contribution >= 4 is 35.8 Å². The van der Waals surface area contributed by atoms with Gasteiger partial charge in [-0.15, -0.1) is 24.0 Å². The maximum atomic E-state index is 4.75. The second-order valence-electron chi connectivity index (χ2n) is 8.49. The fourth-order valence-corrected chi connectivity index (χ4v) is 3.92. The van der Waals surface area contributed by atoms with Crippen molar-refractivity contribution in [2.24, 2.45) is 4.99 Å². The Morgan fingerprint density at radius 3 is 2.26 bits per heavy atom. The van der Waals surface area contributed by atoms with Crippen molar-refractivity contribution in [2.45, 2.75) is 60.2 Å². The topological polar surface area (TPSA) is 59.0 Å². The lowest BCUT2D eigenvalue weighted by atomic mass is 10.2. The van der Waals surface area contributed by atoms with Gasteiger partial charge in [-0.1, -0.05) is 13.0 Å². The Morgan fingerprint density at radius 2 is 1.74 bits per heavy atom. The summed E-state index contributed by atoms with van der Waals surface area (Å²) < 4.78 is 0. The third-order valence-electron chi connectivity index (χ3n) is 5.71. The molecular weight excluding hydrogens is 501 g/mol. The molecular formula is C23H44IN7. The third kappa shape index (κ3) is 9.49. The Bertz CT molecular complexity index is 617. The molecule has 0 amide bonds. The average molecular weight is 546 g/mol. The van der Waals surface area contributed by atoms with Gasteiger partial charge >= 0.3 is 0 Å². The number of rotatable bonds is 10. The highest BCUT2D eigenvalue weighted by Crippen LogP contribution is 2.14. The van der Waals surface area contributed by atoms with Crippen LogP contribution < -0.4 is 15.5 Å². The summed E-state index contributed by atoms with van der Waals surface area (Å²) in [7, 11) is 0. The van der Waals surface area contributed by atoms with E-state index in [1.165, 1.54) is 0 Å². The molecule has 8 heteroatoms. The lowest BCUT2D eigenvalue weighted by Gasteiger charge is -2.34. The van der Waals surface area contributed by atoms with E-state index in [-0.39, 0.29) is 24.0 Å². The van der Waals surface area contributed by atoms with Gasteiger partial charge in [-0.25, -0.2) is 9.98 Å². The molecule has 2 N–H and O–H groups in total. The van der Waals surface area contributed by atoms with Gasteiger partial charge in [-0.05, 0) is 52.8 Å². The summed E-state index contributed by atoms with van der Waals surface area (Å²) in [5.74, 6) is 1.94. The number of aliphatic imine (C=N–C) groups is 1. The molecule has 0 aromatic carbocycles. The smallest absolute Gasteiger partial charge is 0.191 e. The number of nitrogens with zero attached hydrogens (tertiary/aromatic N) is 5. The molecule has 0 bridgehead atoms. The Labute approximate surface area is 207 Å². The Morgan fingerprint density at radius 1 is 1.06 bits per heavy atom. The number of hydrogen-bond acceptors (Lipinski definition) is 5. The zero-order chi connectivity index (χ0) is 21.9. The SMILES string of the molecule is CCNC(=NCc1ccc(N2CCN(CC)CC2)nc1)NCCN(C(C)C)C(C)C.I. The minimum Gasteiger partial charge on any atom is -0.357 e. The standard InChI is InChI=1S/C23H43N7.HI/c1-7-24-23(25-11-12-30(19(3)4)20(5)6)27-18-21-9-10-22(26-17-21)29-15-13-28(8-2)14-16-29;/h9-10,17,19-20H,7-8,11-16,18H2,1-6H3,(H2,24,25,27);1H. The van der Waals surface area contributed by atoms with Crippen LogP contribution in [0.4, 0.5) is 5.82 Å². The predicted molar refractivity (Wildman–Crippen MR) is 144 cm³/mol. The number of anilines is 1. The van der Waals surface area contributed by atoms with Crippen LogP contribution in [0.15, 0.2) is 23.3 Å². The number of guanidine groups is 1. The maximum Gasteiger partial charge on any atom is 0.191 e. The van der Waals surface area contributed by atoms with E-state index in [1.807, 2.05) is 6.20 Å². The number of pyridine rings is 1. The van der Waals surface area contributed by atoms with Crippen molar-refractivity contribution in [3.05, 3.63) is 23.9 Å². The molecule has 0 radical (unpaired) electrons. The summed E-state index contributed by atoms with van der Waals surface area (Å²) in [4.78, 5) is 16.8. The van der Waals surface area contributed by atoms with Gasteiger partial charge < -0.3 is 20.4 Å². The number of nitrogens with one attached hydrogen (secondary N) is 2. The molecule has 1 saturated heterocycles. The van der Waals surface area contributed by atoms with Crippen LogP contribution in [0.1, 0.15) is 47.1 Å². The first-order valence-corrected chi connectivity index (χ1v) is 11.6. The molecule has 2 heterocycles. The minimum atomic E-state index is 0. The summed E-state index contributed by atoms with van der Waals surface area (Å²) >= 11 is 0. The molecule has 2 rings (SSSR count). The molecule has 1 aromatic rings. The molecule has 31 heavy (non-hydrogen) atoms. The monoisotopic (exact) mass is 545 g/mol. The van der Waals surface area contributed by atoms with Crippen LogP contribution in [0, 0.1) is 0 Å². The lowest BCUT2D eigenvalue weighted by molar-refractivity contribution is 0.178. The molecule has 0 spiro atoms. The second kappa shape index (κ2) is 14.8. The van der Waals surface area contributed by atoms with Crippen LogP contribution in [0.3, 0.4) is 0 Å². The van der Waals surface area contributed by atoms with Gasteiger partial charge in [-0.3, -0.25) is 4.90 Å². The number of hydrogen-bond donors (Lipinski definition) is 2. The summed E-state index contributed by atoms with van der Waals surface area (Å²) in [6.45, 7) is 22.2. The fraction of sp³-hybridized carbons (Fsp3) is 0.739. The molecule has 1 aliphatic heterocycles. The van der Waals surface area contributed by atoms with Gasteiger partial charge in [0, 0.05) is 64.1 Å². The number of halogens is 1. The summed E-state index contributed by atoms with van der Waals surface area (Å²) in [6.07, 6.45) is 1.97.